The van der Waals surface area contributed by atoms with Crippen molar-refractivity contribution in [2.45, 2.75) is 6.92 Å². The van der Waals surface area contributed by atoms with Crippen molar-refractivity contribution in [3.63, 3.8) is 0 Å². The molecule has 0 atom stereocenters. The number of pyridine rings is 1. The first kappa shape index (κ1) is 20.8. The summed E-state index contributed by atoms with van der Waals surface area (Å²) in [7, 11) is 0. The van der Waals surface area contributed by atoms with Gasteiger partial charge in [-0.25, -0.2) is 0 Å². The van der Waals surface area contributed by atoms with Gasteiger partial charge in [0.25, 0.3) is 11.8 Å². The topological polar surface area (TPSA) is 92.8 Å². The van der Waals surface area contributed by atoms with Crippen molar-refractivity contribution in [2.75, 3.05) is 51.3 Å². The summed E-state index contributed by atoms with van der Waals surface area (Å²) in [5, 5.41) is 5.67. The van der Waals surface area contributed by atoms with Gasteiger partial charge in [-0.05, 0) is 31.2 Å². The van der Waals surface area contributed by atoms with E-state index in [-0.39, 0.29) is 11.6 Å². The number of hydrogen-bond acceptors (Lipinski definition) is 6. The summed E-state index contributed by atoms with van der Waals surface area (Å²) in [6, 6.07) is 10.3. The zero-order valence-electron chi connectivity index (χ0n) is 16.5. The molecule has 154 valence electrons. The Morgan fingerprint density at radius 2 is 1.97 bits per heavy atom. The number of para-hydroxylation sites is 2. The lowest BCUT2D eigenvalue weighted by Gasteiger charge is -2.26. The minimum absolute atomic E-state index is 0.164. The first-order chi connectivity index (χ1) is 14.2. The SMILES string of the molecule is CCOc1ccccc1NC(=O)c1cc(C(=O)NCCN2CCOCC2)ccn1. The fraction of sp³-hybridized carbons (Fsp3) is 0.381. The number of carbonyl (C=O) groups excluding carboxylic acids is 2. The van der Waals surface area contributed by atoms with E-state index < -0.39 is 5.91 Å². The summed E-state index contributed by atoms with van der Waals surface area (Å²) in [4.78, 5) is 31.3. The monoisotopic (exact) mass is 398 g/mol. The van der Waals surface area contributed by atoms with E-state index in [1.165, 1.54) is 12.3 Å². The third kappa shape index (κ3) is 6.00. The number of nitrogens with zero attached hydrogens (tertiary/aromatic N) is 2. The quantitative estimate of drug-likeness (QED) is 0.704. The van der Waals surface area contributed by atoms with Gasteiger partial charge in [-0.15, -0.1) is 0 Å². The van der Waals surface area contributed by atoms with E-state index in [2.05, 4.69) is 20.5 Å². The molecule has 1 aliphatic rings. The molecule has 8 nitrogen and oxygen atoms in total. The average molecular weight is 398 g/mol. The van der Waals surface area contributed by atoms with Crippen molar-refractivity contribution in [1.82, 2.24) is 15.2 Å². The zero-order chi connectivity index (χ0) is 20.5. The number of morpholine rings is 1. The first-order valence-corrected chi connectivity index (χ1v) is 9.75. The normalized spacial score (nSPS) is 14.2. The van der Waals surface area contributed by atoms with Gasteiger partial charge in [-0.1, -0.05) is 12.1 Å². The van der Waals surface area contributed by atoms with Crippen LogP contribution in [0.25, 0.3) is 0 Å². The van der Waals surface area contributed by atoms with Crippen molar-refractivity contribution in [3.8, 4) is 5.75 Å². The number of amides is 2. The summed E-state index contributed by atoms with van der Waals surface area (Å²) in [5.41, 5.74) is 1.11. The molecule has 0 spiro atoms. The van der Waals surface area contributed by atoms with Gasteiger partial charge >= 0.3 is 0 Å². The number of aromatic nitrogens is 1. The minimum Gasteiger partial charge on any atom is -0.492 e. The van der Waals surface area contributed by atoms with Crippen molar-refractivity contribution >= 4 is 17.5 Å². The second kappa shape index (κ2) is 10.5. The van der Waals surface area contributed by atoms with Crippen LogP contribution in [0.5, 0.6) is 5.75 Å². The molecule has 1 aliphatic heterocycles. The van der Waals surface area contributed by atoms with Crippen LogP contribution in [0.4, 0.5) is 5.69 Å². The van der Waals surface area contributed by atoms with Crippen molar-refractivity contribution < 1.29 is 19.1 Å². The largest absolute Gasteiger partial charge is 0.492 e. The number of rotatable bonds is 8. The van der Waals surface area contributed by atoms with Crippen molar-refractivity contribution in [1.29, 1.82) is 0 Å². The molecule has 0 aliphatic carbocycles. The van der Waals surface area contributed by atoms with Gasteiger partial charge < -0.3 is 20.1 Å². The smallest absolute Gasteiger partial charge is 0.274 e. The maximum Gasteiger partial charge on any atom is 0.274 e. The highest BCUT2D eigenvalue weighted by atomic mass is 16.5. The van der Waals surface area contributed by atoms with Crippen LogP contribution < -0.4 is 15.4 Å². The first-order valence-electron chi connectivity index (χ1n) is 9.75. The highest BCUT2D eigenvalue weighted by molar-refractivity contribution is 6.05. The molecule has 2 N–H and O–H groups in total. The summed E-state index contributed by atoms with van der Waals surface area (Å²) in [5.74, 6) is -0.0510. The fourth-order valence-electron chi connectivity index (χ4n) is 2.99. The van der Waals surface area contributed by atoms with Gasteiger partial charge in [0, 0.05) is 37.9 Å². The van der Waals surface area contributed by atoms with E-state index in [9.17, 15) is 9.59 Å². The summed E-state index contributed by atoms with van der Waals surface area (Å²) >= 11 is 0. The van der Waals surface area contributed by atoms with Gasteiger partial charge in [-0.2, -0.15) is 0 Å². The number of hydrogen-bond donors (Lipinski definition) is 2. The molecule has 2 aromatic rings. The molecule has 1 saturated heterocycles. The average Bonchev–Trinajstić information content (AvgIpc) is 2.76. The third-order valence-electron chi connectivity index (χ3n) is 4.51. The van der Waals surface area contributed by atoms with Crippen LogP contribution in [0.1, 0.15) is 27.8 Å². The maximum absolute atomic E-state index is 12.6. The molecule has 0 saturated carbocycles. The lowest BCUT2D eigenvalue weighted by atomic mass is 10.2. The number of benzene rings is 1. The Labute approximate surface area is 170 Å². The second-order valence-corrected chi connectivity index (χ2v) is 6.52. The van der Waals surface area contributed by atoms with E-state index in [1.54, 1.807) is 18.2 Å². The van der Waals surface area contributed by atoms with Crippen molar-refractivity contribution in [3.05, 3.63) is 53.9 Å². The molecule has 8 heteroatoms. The standard InChI is InChI=1S/C21H26N4O4/c1-2-29-19-6-4-3-5-17(19)24-21(27)18-15-16(7-8-22-18)20(26)23-9-10-25-11-13-28-14-12-25/h3-8,15H,2,9-14H2,1H3,(H,23,26)(H,24,27). The van der Waals surface area contributed by atoms with E-state index in [0.717, 1.165) is 32.8 Å². The van der Waals surface area contributed by atoms with Crippen LogP contribution >= 0.6 is 0 Å². The summed E-state index contributed by atoms with van der Waals surface area (Å²) in [6.07, 6.45) is 1.46. The molecule has 29 heavy (non-hydrogen) atoms. The predicted molar refractivity (Wildman–Crippen MR) is 109 cm³/mol. The van der Waals surface area contributed by atoms with Gasteiger partial charge in [0.1, 0.15) is 11.4 Å². The lowest BCUT2D eigenvalue weighted by Crippen LogP contribution is -2.41. The molecule has 0 bridgehead atoms. The van der Waals surface area contributed by atoms with E-state index in [0.29, 0.717) is 30.2 Å². The molecular formula is C21H26N4O4. The third-order valence-corrected chi connectivity index (χ3v) is 4.51. The van der Waals surface area contributed by atoms with Gasteiger partial charge in [0.05, 0.1) is 25.5 Å². The number of carbonyl (C=O) groups is 2. The molecular weight excluding hydrogens is 372 g/mol. The molecule has 2 amide bonds. The fourth-order valence-corrected chi connectivity index (χ4v) is 2.99. The molecule has 1 aromatic carbocycles. The van der Waals surface area contributed by atoms with Crippen LogP contribution in [-0.2, 0) is 4.74 Å². The van der Waals surface area contributed by atoms with Crippen LogP contribution in [0.2, 0.25) is 0 Å². The molecule has 1 aromatic heterocycles. The Morgan fingerprint density at radius 1 is 1.17 bits per heavy atom. The molecule has 0 unspecified atom stereocenters. The Bertz CT molecular complexity index is 837. The number of anilines is 1. The number of ether oxygens (including phenoxy) is 2. The molecule has 0 radical (unpaired) electrons. The Hall–Kier alpha value is -2.97. The van der Waals surface area contributed by atoms with Crippen molar-refractivity contribution in [2.24, 2.45) is 0 Å². The highest BCUT2D eigenvalue weighted by Crippen LogP contribution is 2.24. The Kier molecular flexibility index (Phi) is 7.54. The Balaban J connectivity index is 1.58. The summed E-state index contributed by atoms with van der Waals surface area (Å²) in [6.45, 7) is 6.86. The lowest BCUT2D eigenvalue weighted by molar-refractivity contribution is 0.0383. The van der Waals surface area contributed by atoms with Crippen LogP contribution in [-0.4, -0.2) is 67.7 Å². The van der Waals surface area contributed by atoms with Crippen LogP contribution in [0.3, 0.4) is 0 Å². The summed E-state index contributed by atoms with van der Waals surface area (Å²) < 4.78 is 10.8. The predicted octanol–water partition coefficient (Wildman–Crippen LogP) is 1.79. The van der Waals surface area contributed by atoms with Gasteiger partial charge in [0.2, 0.25) is 0 Å². The maximum atomic E-state index is 12.6. The van der Waals surface area contributed by atoms with E-state index in [1.807, 2.05) is 19.1 Å². The van der Waals surface area contributed by atoms with Crippen LogP contribution in [0.15, 0.2) is 42.6 Å². The van der Waals surface area contributed by atoms with Crippen LogP contribution in [0, 0.1) is 0 Å². The molecule has 2 heterocycles. The van der Waals surface area contributed by atoms with E-state index >= 15 is 0 Å². The highest BCUT2D eigenvalue weighted by Gasteiger charge is 2.15. The van der Waals surface area contributed by atoms with Gasteiger partial charge in [0.15, 0.2) is 0 Å². The molecule has 3 rings (SSSR count). The van der Waals surface area contributed by atoms with E-state index in [4.69, 9.17) is 9.47 Å². The zero-order valence-corrected chi connectivity index (χ0v) is 16.5. The number of nitrogens with one attached hydrogen (secondary N) is 2. The minimum atomic E-state index is -0.403. The Morgan fingerprint density at radius 3 is 2.76 bits per heavy atom. The van der Waals surface area contributed by atoms with Gasteiger partial charge in [-0.3, -0.25) is 19.5 Å². The molecule has 1 fully saturated rings. The second-order valence-electron chi connectivity index (χ2n) is 6.52.